The first kappa shape index (κ1) is 15.4. The highest BCUT2D eigenvalue weighted by molar-refractivity contribution is 6.13. The number of benzene rings is 2. The molecule has 2 aromatic carbocycles. The summed E-state index contributed by atoms with van der Waals surface area (Å²) in [5, 5.41) is 4.76. The third-order valence-electron chi connectivity index (χ3n) is 4.50. The van der Waals surface area contributed by atoms with Crippen molar-refractivity contribution >= 4 is 23.1 Å². The monoisotopic (exact) mass is 332 g/mol. The average molecular weight is 332 g/mol. The van der Waals surface area contributed by atoms with E-state index in [1.165, 1.54) is 0 Å². The molecule has 0 radical (unpaired) electrons. The van der Waals surface area contributed by atoms with E-state index in [4.69, 9.17) is 5.10 Å². The van der Waals surface area contributed by atoms with Crippen molar-refractivity contribution in [2.24, 2.45) is 0 Å². The van der Waals surface area contributed by atoms with Crippen molar-refractivity contribution < 1.29 is 4.79 Å². The third-order valence-corrected chi connectivity index (χ3v) is 4.50. The highest BCUT2D eigenvalue weighted by Crippen LogP contribution is 2.40. The van der Waals surface area contributed by atoms with Crippen molar-refractivity contribution in [1.82, 2.24) is 9.78 Å². The van der Waals surface area contributed by atoms with Gasteiger partial charge in [-0.1, -0.05) is 30.3 Å². The second-order valence-corrected chi connectivity index (χ2v) is 6.46. The molecule has 0 spiro atoms. The molecule has 4 rings (SSSR count). The molecule has 0 bridgehead atoms. The Labute approximate surface area is 147 Å². The van der Waals surface area contributed by atoms with Gasteiger partial charge in [0, 0.05) is 19.3 Å². The summed E-state index contributed by atoms with van der Waals surface area (Å²) < 4.78 is 1.78. The van der Waals surface area contributed by atoms with Crippen LogP contribution in [-0.2, 0) is 0 Å². The normalized spacial score (nSPS) is 13.7. The van der Waals surface area contributed by atoms with Gasteiger partial charge in [-0.15, -0.1) is 5.10 Å². The van der Waals surface area contributed by atoms with E-state index in [0.29, 0.717) is 11.4 Å². The van der Waals surface area contributed by atoms with Crippen LogP contribution in [0.2, 0.25) is 0 Å². The summed E-state index contributed by atoms with van der Waals surface area (Å²) in [6, 6.07) is 18.0. The lowest BCUT2D eigenvalue weighted by atomic mass is 10.2. The predicted molar refractivity (Wildman–Crippen MR) is 100 cm³/mol. The lowest BCUT2D eigenvalue weighted by molar-refractivity contribution is 0.0994. The molecule has 1 aliphatic rings. The summed E-state index contributed by atoms with van der Waals surface area (Å²) >= 11 is 0. The zero-order chi connectivity index (χ0) is 17.6. The number of rotatable bonds is 2. The number of hydrogen-bond donors (Lipinski definition) is 0. The van der Waals surface area contributed by atoms with Gasteiger partial charge in [0.05, 0.1) is 17.1 Å². The largest absolute Gasteiger partial charge is 0.320 e. The number of anilines is 3. The fraction of sp³-hybridized carbons (Fsp3) is 0.200. The Morgan fingerprint density at radius 1 is 0.920 bits per heavy atom. The molecule has 1 aliphatic heterocycles. The van der Waals surface area contributed by atoms with Crippen molar-refractivity contribution in [1.29, 1.82) is 0 Å². The van der Waals surface area contributed by atoms with Gasteiger partial charge in [-0.05, 0) is 38.1 Å². The zero-order valence-electron chi connectivity index (χ0n) is 14.5. The van der Waals surface area contributed by atoms with E-state index >= 15 is 0 Å². The smallest absolute Gasteiger partial charge is 0.263 e. The van der Waals surface area contributed by atoms with Crippen LogP contribution in [0.1, 0.15) is 24.2 Å². The molecule has 5 nitrogen and oxygen atoms in total. The number of carbonyl (C=O) groups is 1. The minimum Gasteiger partial charge on any atom is -0.320 e. The molecule has 5 heteroatoms. The first-order chi connectivity index (χ1) is 12.1. The first-order valence-electron chi connectivity index (χ1n) is 8.39. The summed E-state index contributed by atoms with van der Waals surface area (Å²) in [6.07, 6.45) is 1.82. The number of fused-ring (bicyclic) bond motifs is 2. The van der Waals surface area contributed by atoms with E-state index in [2.05, 4.69) is 18.7 Å². The molecule has 25 heavy (non-hydrogen) atoms. The molecule has 0 unspecified atom stereocenters. The number of amides is 1. The molecular weight excluding hydrogens is 312 g/mol. The van der Waals surface area contributed by atoms with E-state index in [9.17, 15) is 4.79 Å². The Balaban J connectivity index is 1.96. The van der Waals surface area contributed by atoms with Gasteiger partial charge in [-0.25, -0.2) is 4.68 Å². The minimum absolute atomic E-state index is 0.0484. The summed E-state index contributed by atoms with van der Waals surface area (Å²) in [7, 11) is 1.81. The van der Waals surface area contributed by atoms with Crippen LogP contribution in [0.15, 0.2) is 60.8 Å². The summed E-state index contributed by atoms with van der Waals surface area (Å²) in [6.45, 7) is 4.22. The molecule has 0 N–H and O–H groups in total. The predicted octanol–water partition coefficient (Wildman–Crippen LogP) is 4.01. The van der Waals surface area contributed by atoms with Crippen LogP contribution in [0, 0.1) is 0 Å². The van der Waals surface area contributed by atoms with Crippen LogP contribution in [0.3, 0.4) is 0 Å². The quantitative estimate of drug-likeness (QED) is 0.712. The fourth-order valence-corrected chi connectivity index (χ4v) is 3.29. The van der Waals surface area contributed by atoms with Crippen LogP contribution in [0.5, 0.6) is 0 Å². The maximum Gasteiger partial charge on any atom is 0.263 e. The Morgan fingerprint density at radius 3 is 2.24 bits per heavy atom. The van der Waals surface area contributed by atoms with Gasteiger partial charge in [-0.2, -0.15) is 0 Å². The molecule has 0 saturated carbocycles. The number of carbonyl (C=O) groups excluding carboxylic acids is 1. The van der Waals surface area contributed by atoms with Gasteiger partial charge in [0.2, 0.25) is 0 Å². The molecule has 126 valence electrons. The molecule has 0 atom stereocenters. The molecule has 0 saturated heterocycles. The third kappa shape index (κ3) is 2.39. The second-order valence-electron chi connectivity index (χ2n) is 6.46. The van der Waals surface area contributed by atoms with Gasteiger partial charge >= 0.3 is 0 Å². The molecule has 3 aromatic rings. The molecule has 1 aromatic heterocycles. The lowest BCUT2D eigenvalue weighted by Gasteiger charge is -2.28. The standard InChI is InChI=1S/C20H20N4O/c1-14(2)24-18-12-8-7-11-17(18)22(3)20(25)16-13-23(21-19(16)24)15-9-5-4-6-10-15/h4-14H,1-3H3. The number of aromatic nitrogens is 2. The number of para-hydroxylation sites is 3. The Kier molecular flexibility index (Phi) is 3.57. The van der Waals surface area contributed by atoms with Crippen molar-refractivity contribution in [3.63, 3.8) is 0 Å². The van der Waals surface area contributed by atoms with Crippen molar-refractivity contribution in [2.45, 2.75) is 19.9 Å². The van der Waals surface area contributed by atoms with Crippen LogP contribution in [0.4, 0.5) is 17.2 Å². The van der Waals surface area contributed by atoms with E-state index < -0.39 is 0 Å². The highest BCUT2D eigenvalue weighted by atomic mass is 16.2. The van der Waals surface area contributed by atoms with Crippen LogP contribution in [0.25, 0.3) is 5.69 Å². The van der Waals surface area contributed by atoms with Gasteiger partial charge in [0.25, 0.3) is 5.91 Å². The average Bonchev–Trinajstić information content (AvgIpc) is 3.03. The van der Waals surface area contributed by atoms with Crippen molar-refractivity contribution in [3.05, 3.63) is 66.4 Å². The number of hydrogen-bond acceptors (Lipinski definition) is 3. The maximum absolute atomic E-state index is 13.1. The molecule has 2 heterocycles. The Bertz CT molecular complexity index is 930. The summed E-state index contributed by atoms with van der Waals surface area (Å²) in [5.74, 6) is 0.647. The van der Waals surface area contributed by atoms with Crippen LogP contribution < -0.4 is 9.80 Å². The molecule has 0 aliphatic carbocycles. The van der Waals surface area contributed by atoms with Gasteiger partial charge < -0.3 is 9.80 Å². The van der Waals surface area contributed by atoms with E-state index in [0.717, 1.165) is 17.1 Å². The topological polar surface area (TPSA) is 41.4 Å². The summed E-state index contributed by atoms with van der Waals surface area (Å²) in [4.78, 5) is 16.9. The fourth-order valence-electron chi connectivity index (χ4n) is 3.29. The molecule has 1 amide bonds. The van der Waals surface area contributed by atoms with Gasteiger partial charge in [-0.3, -0.25) is 4.79 Å². The highest BCUT2D eigenvalue weighted by Gasteiger charge is 2.33. The maximum atomic E-state index is 13.1. The van der Waals surface area contributed by atoms with Gasteiger partial charge in [0.1, 0.15) is 5.56 Å². The van der Waals surface area contributed by atoms with E-state index in [1.54, 1.807) is 9.58 Å². The molecular formula is C20H20N4O. The second kappa shape index (κ2) is 5.77. The minimum atomic E-state index is -0.0484. The first-order valence-corrected chi connectivity index (χ1v) is 8.39. The van der Waals surface area contributed by atoms with Crippen LogP contribution in [-0.4, -0.2) is 28.8 Å². The Hall–Kier alpha value is -3.08. The zero-order valence-corrected chi connectivity index (χ0v) is 14.5. The molecule has 0 fully saturated rings. The Morgan fingerprint density at radius 2 is 1.56 bits per heavy atom. The SMILES string of the molecule is CC(C)N1c2ccccc2N(C)C(=O)c2cn(-c3ccccc3)nc21. The van der Waals surface area contributed by atoms with Gasteiger partial charge in [0.15, 0.2) is 5.82 Å². The van der Waals surface area contributed by atoms with Crippen molar-refractivity contribution in [3.8, 4) is 5.69 Å². The van der Waals surface area contributed by atoms with Crippen molar-refractivity contribution in [2.75, 3.05) is 16.8 Å². The number of nitrogens with zero attached hydrogens (tertiary/aromatic N) is 4. The van der Waals surface area contributed by atoms with Crippen LogP contribution >= 0.6 is 0 Å². The lowest BCUT2D eigenvalue weighted by Crippen LogP contribution is -2.26. The van der Waals surface area contributed by atoms with E-state index in [-0.39, 0.29) is 11.9 Å². The van der Waals surface area contributed by atoms with E-state index in [1.807, 2.05) is 67.8 Å². The summed E-state index contributed by atoms with van der Waals surface area (Å²) in [5.41, 5.74) is 3.43.